The Morgan fingerprint density at radius 3 is 2.43 bits per heavy atom. The van der Waals surface area contributed by atoms with Crippen LogP contribution in [0.2, 0.25) is 0 Å². The number of hydrogen-bond acceptors (Lipinski definition) is 4. The number of amides is 1. The SMILES string of the molecule is CC(C)n1ncc2c(C(=O)NC3C4CCCC3CC(N)C4)cc(C3CC3)nc21.Cl.Cl. The molecule has 2 bridgehead atoms. The van der Waals surface area contributed by atoms with E-state index < -0.39 is 0 Å². The molecular weight excluding hydrogens is 421 g/mol. The number of fused-ring (bicyclic) bond motifs is 3. The lowest BCUT2D eigenvalue weighted by molar-refractivity contribution is 0.0757. The van der Waals surface area contributed by atoms with Crippen molar-refractivity contribution >= 4 is 41.8 Å². The summed E-state index contributed by atoms with van der Waals surface area (Å²) < 4.78 is 1.94. The Morgan fingerprint density at radius 1 is 1.17 bits per heavy atom. The van der Waals surface area contributed by atoms with Crippen molar-refractivity contribution in [3.63, 3.8) is 0 Å². The highest BCUT2D eigenvalue weighted by Crippen LogP contribution is 2.41. The maximum atomic E-state index is 13.4. The number of carbonyl (C=O) groups is 1. The third-order valence-electron chi connectivity index (χ3n) is 6.99. The minimum atomic E-state index is 0. The van der Waals surface area contributed by atoms with Crippen molar-refractivity contribution < 1.29 is 4.79 Å². The molecule has 2 aromatic heterocycles. The molecule has 0 aromatic carbocycles. The van der Waals surface area contributed by atoms with Crippen LogP contribution in [-0.2, 0) is 0 Å². The van der Waals surface area contributed by atoms with E-state index in [2.05, 4.69) is 24.3 Å². The molecule has 0 aliphatic heterocycles. The van der Waals surface area contributed by atoms with Crippen LogP contribution < -0.4 is 11.1 Å². The van der Waals surface area contributed by atoms with E-state index >= 15 is 0 Å². The quantitative estimate of drug-likeness (QED) is 0.719. The zero-order valence-electron chi connectivity index (χ0n) is 17.7. The van der Waals surface area contributed by atoms with Crippen LogP contribution in [0, 0.1) is 11.8 Å². The van der Waals surface area contributed by atoms with Crippen molar-refractivity contribution in [3.8, 4) is 0 Å². The molecule has 3 aliphatic carbocycles. The van der Waals surface area contributed by atoms with Gasteiger partial charge in [0.05, 0.1) is 17.1 Å². The third kappa shape index (κ3) is 4.19. The fraction of sp³-hybridized carbons (Fsp3) is 0.682. The van der Waals surface area contributed by atoms with Gasteiger partial charge in [0.25, 0.3) is 5.91 Å². The molecule has 1 amide bonds. The molecule has 0 saturated heterocycles. The van der Waals surface area contributed by atoms with Gasteiger partial charge < -0.3 is 11.1 Å². The van der Waals surface area contributed by atoms with E-state index in [-0.39, 0.29) is 42.8 Å². The lowest BCUT2D eigenvalue weighted by Gasteiger charge is -2.45. The second kappa shape index (κ2) is 9.01. The maximum absolute atomic E-state index is 13.4. The van der Waals surface area contributed by atoms with Gasteiger partial charge in [-0.05, 0) is 70.3 Å². The van der Waals surface area contributed by atoms with Crippen LogP contribution in [0.5, 0.6) is 0 Å². The lowest BCUT2D eigenvalue weighted by atomic mass is 9.67. The molecule has 6 nitrogen and oxygen atoms in total. The number of nitrogens with one attached hydrogen (secondary N) is 1. The molecule has 3 N–H and O–H groups in total. The van der Waals surface area contributed by atoms with Gasteiger partial charge >= 0.3 is 0 Å². The molecule has 0 spiro atoms. The van der Waals surface area contributed by atoms with Crippen molar-refractivity contribution in [1.29, 1.82) is 0 Å². The lowest BCUT2D eigenvalue weighted by Crippen LogP contribution is -2.53. The highest BCUT2D eigenvalue weighted by atomic mass is 35.5. The van der Waals surface area contributed by atoms with Gasteiger partial charge in [-0.1, -0.05) is 6.42 Å². The van der Waals surface area contributed by atoms with Gasteiger partial charge in [0.15, 0.2) is 5.65 Å². The summed E-state index contributed by atoms with van der Waals surface area (Å²) in [4.78, 5) is 18.3. The van der Waals surface area contributed by atoms with E-state index in [1.807, 2.05) is 16.9 Å². The zero-order chi connectivity index (χ0) is 19.4. The minimum absolute atomic E-state index is 0. The summed E-state index contributed by atoms with van der Waals surface area (Å²) in [7, 11) is 0. The van der Waals surface area contributed by atoms with Crippen molar-refractivity contribution in [2.24, 2.45) is 17.6 Å². The van der Waals surface area contributed by atoms with Crippen LogP contribution in [0.1, 0.15) is 86.8 Å². The standard InChI is InChI=1S/C22H31N5O.2ClH/c1-12(2)27-21-18(11-24-27)17(10-19(25-21)13-6-7-13)22(28)26-20-14-4-3-5-15(20)9-16(23)8-14;;/h10-16,20H,3-9,23H2,1-2H3,(H,26,28);2*1H. The Kier molecular flexibility index (Phi) is 7.00. The van der Waals surface area contributed by atoms with Crippen LogP contribution in [0.3, 0.4) is 0 Å². The molecule has 2 aromatic rings. The van der Waals surface area contributed by atoms with Crippen molar-refractivity contribution in [3.05, 3.63) is 23.5 Å². The van der Waals surface area contributed by atoms with Crippen LogP contribution in [0.4, 0.5) is 0 Å². The van der Waals surface area contributed by atoms with Gasteiger partial charge in [-0.25, -0.2) is 9.67 Å². The second-order valence-corrected chi connectivity index (χ2v) is 9.47. The Bertz CT molecular complexity index is 896. The molecule has 3 saturated carbocycles. The second-order valence-electron chi connectivity index (χ2n) is 9.47. The molecule has 2 heterocycles. The molecule has 2 atom stereocenters. The summed E-state index contributed by atoms with van der Waals surface area (Å²) in [5, 5.41) is 8.81. The number of rotatable bonds is 4. The average Bonchev–Trinajstić information content (AvgIpc) is 3.40. The summed E-state index contributed by atoms with van der Waals surface area (Å²) in [6.45, 7) is 4.20. The summed E-state index contributed by atoms with van der Waals surface area (Å²) in [6.07, 6.45) is 9.84. The van der Waals surface area contributed by atoms with Crippen LogP contribution in [0.25, 0.3) is 11.0 Å². The predicted octanol–water partition coefficient (Wildman–Crippen LogP) is 4.37. The van der Waals surface area contributed by atoms with Crippen LogP contribution in [-0.4, -0.2) is 32.8 Å². The Balaban J connectivity index is 0.00000128. The number of nitrogens with zero attached hydrogens (tertiary/aromatic N) is 3. The van der Waals surface area contributed by atoms with Gasteiger partial charge in [0.1, 0.15) is 0 Å². The van der Waals surface area contributed by atoms with Crippen LogP contribution >= 0.6 is 24.8 Å². The summed E-state index contributed by atoms with van der Waals surface area (Å²) >= 11 is 0. The molecule has 0 radical (unpaired) electrons. The Labute approximate surface area is 190 Å². The monoisotopic (exact) mass is 453 g/mol. The number of hydrogen-bond donors (Lipinski definition) is 2. The summed E-state index contributed by atoms with van der Waals surface area (Å²) in [5.41, 5.74) is 8.90. The number of pyridine rings is 1. The average molecular weight is 454 g/mol. The highest BCUT2D eigenvalue weighted by Gasteiger charge is 2.40. The first-order valence-electron chi connectivity index (χ1n) is 11.0. The van der Waals surface area contributed by atoms with Crippen molar-refractivity contribution in [2.45, 2.75) is 82.8 Å². The number of carbonyl (C=O) groups excluding carboxylic acids is 1. The van der Waals surface area contributed by atoms with Crippen molar-refractivity contribution in [1.82, 2.24) is 20.1 Å². The fourth-order valence-corrected chi connectivity index (χ4v) is 5.45. The van der Waals surface area contributed by atoms with Gasteiger partial charge in [-0.3, -0.25) is 4.79 Å². The Hall–Kier alpha value is -1.37. The molecule has 5 rings (SSSR count). The normalized spacial score (nSPS) is 28.0. The molecule has 3 fully saturated rings. The number of halogens is 2. The summed E-state index contributed by atoms with van der Waals surface area (Å²) in [5.74, 6) is 1.57. The molecule has 2 unspecified atom stereocenters. The molecule has 3 aliphatic rings. The van der Waals surface area contributed by atoms with E-state index in [9.17, 15) is 4.79 Å². The zero-order valence-corrected chi connectivity index (χ0v) is 19.3. The molecule has 166 valence electrons. The number of nitrogens with two attached hydrogens (primary N) is 1. The number of aromatic nitrogens is 3. The molecular formula is C22H33Cl2N5O. The van der Waals surface area contributed by atoms with E-state index in [0.29, 0.717) is 23.8 Å². The van der Waals surface area contributed by atoms with E-state index in [4.69, 9.17) is 10.7 Å². The van der Waals surface area contributed by atoms with E-state index in [1.165, 1.54) is 32.1 Å². The Morgan fingerprint density at radius 2 is 1.83 bits per heavy atom. The highest BCUT2D eigenvalue weighted by molar-refractivity contribution is 6.05. The van der Waals surface area contributed by atoms with Gasteiger partial charge in [0.2, 0.25) is 0 Å². The summed E-state index contributed by atoms with van der Waals surface area (Å²) in [6, 6.07) is 2.79. The first kappa shape index (κ1) is 23.3. The van der Waals surface area contributed by atoms with E-state index in [1.54, 1.807) is 0 Å². The predicted molar refractivity (Wildman–Crippen MR) is 124 cm³/mol. The van der Waals surface area contributed by atoms with Gasteiger partial charge in [-0.15, -0.1) is 24.8 Å². The fourth-order valence-electron chi connectivity index (χ4n) is 5.45. The minimum Gasteiger partial charge on any atom is -0.349 e. The van der Waals surface area contributed by atoms with Crippen LogP contribution in [0.15, 0.2) is 12.3 Å². The first-order chi connectivity index (χ1) is 13.5. The van der Waals surface area contributed by atoms with Gasteiger partial charge in [-0.2, -0.15) is 5.10 Å². The third-order valence-corrected chi connectivity index (χ3v) is 6.99. The largest absolute Gasteiger partial charge is 0.349 e. The van der Waals surface area contributed by atoms with Crippen molar-refractivity contribution in [2.75, 3.05) is 0 Å². The first-order valence-corrected chi connectivity index (χ1v) is 11.0. The topological polar surface area (TPSA) is 85.8 Å². The molecule has 8 heteroatoms. The molecule has 30 heavy (non-hydrogen) atoms. The maximum Gasteiger partial charge on any atom is 0.252 e. The van der Waals surface area contributed by atoms with E-state index in [0.717, 1.165) is 35.1 Å². The van der Waals surface area contributed by atoms with Gasteiger partial charge in [0, 0.05) is 29.7 Å². The smallest absolute Gasteiger partial charge is 0.252 e.